The Morgan fingerprint density at radius 3 is 3.00 bits per heavy atom. The normalized spacial score (nSPS) is 10.3. The highest BCUT2D eigenvalue weighted by Crippen LogP contribution is 2.31. The van der Waals surface area contributed by atoms with Crippen molar-refractivity contribution in [3.63, 3.8) is 0 Å². The quantitative estimate of drug-likeness (QED) is 0.644. The number of aromatic amines is 1. The van der Waals surface area contributed by atoms with Gasteiger partial charge in [0.1, 0.15) is 16.5 Å². The Morgan fingerprint density at radius 1 is 1.50 bits per heavy atom. The van der Waals surface area contributed by atoms with Gasteiger partial charge in [0.15, 0.2) is 0 Å². The molecule has 0 aliphatic carbocycles. The second-order valence-electron chi connectivity index (χ2n) is 3.61. The first-order valence-corrected chi connectivity index (χ1v) is 5.71. The first-order chi connectivity index (χ1) is 8.68. The number of rotatable bonds is 5. The summed E-state index contributed by atoms with van der Waals surface area (Å²) in [6.07, 6.45) is 4.05. The smallest absolute Gasteiger partial charge is 0.310 e. The van der Waals surface area contributed by atoms with Gasteiger partial charge in [0.2, 0.25) is 0 Å². The molecule has 94 valence electrons. The Bertz CT molecular complexity index is 542. The lowest BCUT2D eigenvalue weighted by Crippen LogP contribution is -2.07. The fraction of sp³-hybridized carbons (Fsp3) is 0.182. The minimum absolute atomic E-state index is 0.0985. The van der Waals surface area contributed by atoms with E-state index in [2.05, 4.69) is 15.3 Å². The first-order valence-electron chi connectivity index (χ1n) is 5.33. The summed E-state index contributed by atoms with van der Waals surface area (Å²) >= 11 is 5.80. The van der Waals surface area contributed by atoms with Crippen LogP contribution in [-0.2, 0) is 6.42 Å². The van der Waals surface area contributed by atoms with E-state index < -0.39 is 4.92 Å². The summed E-state index contributed by atoms with van der Waals surface area (Å²) < 4.78 is 0. The van der Waals surface area contributed by atoms with Crippen molar-refractivity contribution in [3.8, 4) is 0 Å². The van der Waals surface area contributed by atoms with Gasteiger partial charge in [-0.25, -0.2) is 4.98 Å². The molecule has 0 amide bonds. The molecule has 0 bridgehead atoms. The number of anilines is 1. The van der Waals surface area contributed by atoms with Gasteiger partial charge in [-0.2, -0.15) is 0 Å². The van der Waals surface area contributed by atoms with Crippen LogP contribution in [0.1, 0.15) is 5.82 Å². The van der Waals surface area contributed by atoms with Gasteiger partial charge in [-0.1, -0.05) is 17.7 Å². The lowest BCUT2D eigenvalue weighted by Gasteiger charge is -2.06. The molecule has 2 N–H and O–H groups in total. The van der Waals surface area contributed by atoms with Crippen molar-refractivity contribution >= 4 is 23.0 Å². The second kappa shape index (κ2) is 5.50. The number of nitrogens with zero attached hydrogens (tertiary/aromatic N) is 2. The molecule has 0 spiro atoms. The van der Waals surface area contributed by atoms with Crippen molar-refractivity contribution in [1.82, 2.24) is 9.97 Å². The monoisotopic (exact) mass is 266 g/mol. The largest absolute Gasteiger partial charge is 0.379 e. The number of imidazole rings is 1. The molecule has 0 unspecified atom stereocenters. The number of nitro benzene ring substituents is 1. The van der Waals surface area contributed by atoms with Crippen molar-refractivity contribution in [2.45, 2.75) is 6.42 Å². The summed E-state index contributed by atoms with van der Waals surface area (Å²) in [5.41, 5.74) is 0.317. The molecule has 7 heteroatoms. The van der Waals surface area contributed by atoms with E-state index in [1.54, 1.807) is 24.5 Å². The number of hydrogen-bond donors (Lipinski definition) is 2. The van der Waals surface area contributed by atoms with Crippen LogP contribution in [-0.4, -0.2) is 21.4 Å². The maximum absolute atomic E-state index is 10.9. The van der Waals surface area contributed by atoms with Gasteiger partial charge in [0.25, 0.3) is 0 Å². The van der Waals surface area contributed by atoms with E-state index in [0.717, 1.165) is 5.82 Å². The highest BCUT2D eigenvalue weighted by atomic mass is 35.5. The Hall–Kier alpha value is -2.08. The number of benzene rings is 1. The van der Waals surface area contributed by atoms with Crippen LogP contribution in [0.5, 0.6) is 0 Å². The molecular weight excluding hydrogens is 256 g/mol. The lowest BCUT2D eigenvalue weighted by molar-refractivity contribution is -0.383. The fourth-order valence-electron chi connectivity index (χ4n) is 1.59. The van der Waals surface area contributed by atoms with Crippen LogP contribution in [0.2, 0.25) is 5.02 Å². The minimum atomic E-state index is -0.489. The van der Waals surface area contributed by atoms with E-state index in [1.807, 2.05) is 0 Å². The summed E-state index contributed by atoms with van der Waals surface area (Å²) in [5, 5.41) is 14.0. The number of H-pyrrole nitrogens is 1. The Balaban J connectivity index is 2.05. The molecule has 0 saturated carbocycles. The average Bonchev–Trinajstić information content (AvgIpc) is 2.81. The number of halogens is 1. The molecule has 0 aliphatic heterocycles. The third-order valence-corrected chi connectivity index (χ3v) is 2.71. The molecule has 2 aromatic rings. The molecule has 2 rings (SSSR count). The van der Waals surface area contributed by atoms with Gasteiger partial charge >= 0.3 is 5.69 Å². The predicted octanol–water partition coefficient (Wildman–Crippen LogP) is 2.63. The Kier molecular flexibility index (Phi) is 3.78. The predicted molar refractivity (Wildman–Crippen MR) is 68.9 cm³/mol. The summed E-state index contributed by atoms with van der Waals surface area (Å²) in [6.45, 7) is 0.536. The second-order valence-corrected chi connectivity index (χ2v) is 4.01. The van der Waals surface area contributed by atoms with Crippen LogP contribution in [0.3, 0.4) is 0 Å². The lowest BCUT2D eigenvalue weighted by atomic mass is 10.2. The number of nitrogens with one attached hydrogen (secondary N) is 2. The number of nitro groups is 1. The zero-order valence-corrected chi connectivity index (χ0v) is 10.1. The highest BCUT2D eigenvalue weighted by Gasteiger charge is 2.17. The number of hydrogen-bond acceptors (Lipinski definition) is 4. The summed E-state index contributed by atoms with van der Waals surface area (Å²) in [6, 6.07) is 4.80. The van der Waals surface area contributed by atoms with Gasteiger partial charge in [0, 0.05) is 25.4 Å². The van der Waals surface area contributed by atoms with Gasteiger partial charge in [-0.15, -0.1) is 0 Å². The van der Waals surface area contributed by atoms with Gasteiger partial charge in [-0.3, -0.25) is 10.1 Å². The Morgan fingerprint density at radius 2 is 2.33 bits per heavy atom. The molecule has 0 fully saturated rings. The van der Waals surface area contributed by atoms with Gasteiger partial charge < -0.3 is 10.3 Å². The van der Waals surface area contributed by atoms with Gasteiger partial charge in [0.05, 0.1) is 4.92 Å². The van der Waals surface area contributed by atoms with E-state index in [9.17, 15) is 10.1 Å². The van der Waals surface area contributed by atoms with Crippen molar-refractivity contribution in [1.29, 1.82) is 0 Å². The van der Waals surface area contributed by atoms with Crippen LogP contribution < -0.4 is 5.32 Å². The SMILES string of the molecule is O=[N+]([O-])c1c(Cl)cccc1NCCc1ncc[nH]1. The topological polar surface area (TPSA) is 83.8 Å². The third kappa shape index (κ3) is 2.78. The van der Waals surface area contributed by atoms with Crippen molar-refractivity contribution in [2.24, 2.45) is 0 Å². The summed E-state index contributed by atoms with van der Waals surface area (Å²) in [5.74, 6) is 0.826. The number of aromatic nitrogens is 2. The Labute approximate surface area is 108 Å². The van der Waals surface area contributed by atoms with E-state index >= 15 is 0 Å². The summed E-state index contributed by atoms with van der Waals surface area (Å²) in [4.78, 5) is 17.4. The van der Waals surface area contributed by atoms with E-state index in [1.165, 1.54) is 6.07 Å². The van der Waals surface area contributed by atoms with E-state index in [0.29, 0.717) is 18.7 Å². The van der Waals surface area contributed by atoms with Crippen molar-refractivity contribution in [3.05, 3.63) is 51.6 Å². The zero-order chi connectivity index (χ0) is 13.0. The molecule has 6 nitrogen and oxygen atoms in total. The molecule has 1 heterocycles. The van der Waals surface area contributed by atoms with Crippen molar-refractivity contribution in [2.75, 3.05) is 11.9 Å². The zero-order valence-electron chi connectivity index (χ0n) is 9.39. The third-order valence-electron chi connectivity index (χ3n) is 2.40. The molecule has 0 radical (unpaired) electrons. The molecule has 0 aliphatic rings. The maximum Gasteiger partial charge on any atom is 0.310 e. The standard InChI is InChI=1S/C11H11ClN4O2/c12-8-2-1-3-9(11(8)16(17)18)13-5-4-10-14-6-7-15-10/h1-3,6-7,13H,4-5H2,(H,14,15). The molecule has 1 aromatic carbocycles. The number of para-hydroxylation sites is 1. The molecule has 0 atom stereocenters. The highest BCUT2D eigenvalue weighted by molar-refractivity contribution is 6.33. The summed E-state index contributed by atoms with van der Waals surface area (Å²) in [7, 11) is 0. The van der Waals surface area contributed by atoms with Gasteiger partial charge in [-0.05, 0) is 12.1 Å². The van der Waals surface area contributed by atoms with Crippen LogP contribution in [0.15, 0.2) is 30.6 Å². The van der Waals surface area contributed by atoms with E-state index in [4.69, 9.17) is 11.6 Å². The minimum Gasteiger partial charge on any atom is -0.379 e. The maximum atomic E-state index is 10.9. The van der Waals surface area contributed by atoms with E-state index in [-0.39, 0.29) is 10.7 Å². The van der Waals surface area contributed by atoms with Crippen LogP contribution in [0.25, 0.3) is 0 Å². The molecule has 18 heavy (non-hydrogen) atoms. The average molecular weight is 267 g/mol. The fourth-order valence-corrected chi connectivity index (χ4v) is 1.84. The van der Waals surface area contributed by atoms with Crippen LogP contribution in [0.4, 0.5) is 11.4 Å². The van der Waals surface area contributed by atoms with Crippen molar-refractivity contribution < 1.29 is 4.92 Å². The van der Waals surface area contributed by atoms with Crippen LogP contribution >= 0.6 is 11.6 Å². The van der Waals surface area contributed by atoms with Crippen LogP contribution in [0, 0.1) is 10.1 Å². The molecule has 0 saturated heterocycles. The first kappa shape index (κ1) is 12.4. The molecule has 1 aromatic heterocycles. The molecular formula is C11H11ClN4O2.